The Morgan fingerprint density at radius 3 is 2.10 bits per heavy atom. The Labute approximate surface area is 172 Å². The summed E-state index contributed by atoms with van der Waals surface area (Å²) >= 11 is 0. The third-order valence-electron chi connectivity index (χ3n) is 4.98. The summed E-state index contributed by atoms with van der Waals surface area (Å²) in [7, 11) is 0. The van der Waals surface area contributed by atoms with Crippen LogP contribution in [0.5, 0.6) is 0 Å². The molecule has 0 aliphatic rings. The molecule has 0 saturated heterocycles. The van der Waals surface area contributed by atoms with E-state index in [9.17, 15) is 22.0 Å². The first kappa shape index (κ1) is 21.8. The topological polar surface area (TPSA) is 0 Å². The zero-order valence-electron chi connectivity index (χ0n) is 16.6. The lowest BCUT2D eigenvalue weighted by Gasteiger charge is -2.05. The SMILES string of the molecule is CCCCCCCc1cc(F)c(C#Cc2ccc3c(F)c(F)c(F)cc3c2)c(F)c1. The first-order chi connectivity index (χ1) is 14.4. The first-order valence-corrected chi connectivity index (χ1v) is 9.98. The number of aryl methyl sites for hydroxylation is 1. The molecule has 0 aliphatic heterocycles. The Kier molecular flexibility index (Phi) is 7.10. The molecule has 0 nitrogen and oxygen atoms in total. The second-order valence-corrected chi connectivity index (χ2v) is 7.27. The highest BCUT2D eigenvalue weighted by atomic mass is 19.2. The van der Waals surface area contributed by atoms with Gasteiger partial charge in [0.1, 0.15) is 11.6 Å². The maximum Gasteiger partial charge on any atom is 0.195 e. The van der Waals surface area contributed by atoms with Crippen molar-refractivity contribution in [2.24, 2.45) is 0 Å². The van der Waals surface area contributed by atoms with E-state index >= 15 is 0 Å². The second kappa shape index (κ2) is 9.75. The van der Waals surface area contributed by atoms with Gasteiger partial charge in [0, 0.05) is 10.9 Å². The molecule has 0 saturated carbocycles. The van der Waals surface area contributed by atoms with E-state index in [0.717, 1.165) is 38.2 Å². The highest BCUT2D eigenvalue weighted by molar-refractivity contribution is 5.84. The Morgan fingerprint density at radius 1 is 0.700 bits per heavy atom. The number of rotatable bonds is 6. The number of halogens is 5. The largest absolute Gasteiger partial charge is 0.206 e. The van der Waals surface area contributed by atoms with Crippen LogP contribution in [0.2, 0.25) is 0 Å². The average Bonchev–Trinajstić information content (AvgIpc) is 2.71. The molecular formula is C25H21F5. The lowest BCUT2D eigenvalue weighted by atomic mass is 10.0. The molecule has 0 N–H and O–H groups in total. The Morgan fingerprint density at radius 2 is 1.40 bits per heavy atom. The van der Waals surface area contributed by atoms with E-state index in [-0.39, 0.29) is 16.3 Å². The Balaban J connectivity index is 1.81. The first-order valence-electron chi connectivity index (χ1n) is 9.98. The molecule has 0 aliphatic carbocycles. The van der Waals surface area contributed by atoms with Crippen LogP contribution in [-0.2, 0) is 6.42 Å². The quantitative estimate of drug-likeness (QED) is 0.169. The van der Waals surface area contributed by atoms with Gasteiger partial charge >= 0.3 is 0 Å². The number of benzene rings is 3. The molecule has 5 heteroatoms. The normalized spacial score (nSPS) is 10.9. The third-order valence-corrected chi connectivity index (χ3v) is 4.98. The van der Waals surface area contributed by atoms with Crippen LogP contribution in [0, 0.1) is 40.9 Å². The van der Waals surface area contributed by atoms with Gasteiger partial charge < -0.3 is 0 Å². The number of hydrogen-bond acceptors (Lipinski definition) is 0. The molecule has 3 aromatic rings. The van der Waals surface area contributed by atoms with Crippen molar-refractivity contribution in [3.8, 4) is 11.8 Å². The molecule has 30 heavy (non-hydrogen) atoms. The second-order valence-electron chi connectivity index (χ2n) is 7.27. The van der Waals surface area contributed by atoms with E-state index in [1.807, 2.05) is 0 Å². The van der Waals surface area contributed by atoms with Crippen molar-refractivity contribution in [3.05, 3.63) is 82.2 Å². The summed E-state index contributed by atoms with van der Waals surface area (Å²) in [5.74, 6) is -0.574. The third kappa shape index (κ3) is 4.99. The minimum atomic E-state index is -1.55. The minimum Gasteiger partial charge on any atom is -0.206 e. The molecular weight excluding hydrogens is 395 g/mol. The fourth-order valence-electron chi connectivity index (χ4n) is 3.34. The molecule has 0 aromatic heterocycles. The van der Waals surface area contributed by atoms with Gasteiger partial charge in [-0.1, -0.05) is 50.5 Å². The molecule has 0 bridgehead atoms. The van der Waals surface area contributed by atoms with Crippen LogP contribution in [0.15, 0.2) is 36.4 Å². The fourth-order valence-corrected chi connectivity index (χ4v) is 3.34. The van der Waals surface area contributed by atoms with Gasteiger partial charge in [-0.3, -0.25) is 0 Å². The van der Waals surface area contributed by atoms with Crippen molar-refractivity contribution < 1.29 is 22.0 Å². The van der Waals surface area contributed by atoms with E-state index < -0.39 is 29.1 Å². The van der Waals surface area contributed by atoms with Crippen LogP contribution in [0.1, 0.15) is 55.7 Å². The van der Waals surface area contributed by atoms with E-state index in [1.54, 1.807) is 0 Å². The minimum absolute atomic E-state index is 0.0971. The standard InChI is InChI=1S/C25H21F5/c1-2-3-4-5-6-7-17-13-21(26)20(22(27)14-17)11-9-16-8-10-19-18(12-16)15-23(28)25(30)24(19)29/h8,10,12-15H,2-7H2,1H3. The highest BCUT2D eigenvalue weighted by Gasteiger charge is 2.13. The summed E-state index contributed by atoms with van der Waals surface area (Å²) in [5, 5.41) is 0.0117. The van der Waals surface area contributed by atoms with Crippen LogP contribution >= 0.6 is 0 Å². The molecule has 3 rings (SSSR count). The van der Waals surface area contributed by atoms with Gasteiger partial charge in [0.2, 0.25) is 0 Å². The van der Waals surface area contributed by atoms with Crippen LogP contribution < -0.4 is 0 Å². The molecule has 0 unspecified atom stereocenters. The fraction of sp³-hybridized carbons (Fsp3) is 0.280. The summed E-state index contributed by atoms with van der Waals surface area (Å²) in [4.78, 5) is 0. The summed E-state index contributed by atoms with van der Waals surface area (Å²) in [6.07, 6.45) is 5.89. The van der Waals surface area contributed by atoms with Gasteiger partial charge in [0.15, 0.2) is 17.5 Å². The van der Waals surface area contributed by atoms with E-state index in [4.69, 9.17) is 0 Å². The summed E-state index contributed by atoms with van der Waals surface area (Å²) in [6, 6.07) is 7.42. The van der Waals surface area contributed by atoms with Crippen LogP contribution in [-0.4, -0.2) is 0 Å². The lowest BCUT2D eigenvalue weighted by molar-refractivity contribution is 0.453. The van der Waals surface area contributed by atoms with E-state index in [1.165, 1.54) is 30.3 Å². The van der Waals surface area contributed by atoms with Gasteiger partial charge in [0.05, 0.1) is 5.56 Å². The number of unbranched alkanes of at least 4 members (excludes halogenated alkanes) is 4. The molecule has 0 spiro atoms. The summed E-state index contributed by atoms with van der Waals surface area (Å²) < 4.78 is 69.3. The van der Waals surface area contributed by atoms with Gasteiger partial charge in [-0.2, -0.15) is 0 Å². The van der Waals surface area contributed by atoms with Crippen molar-refractivity contribution in [2.75, 3.05) is 0 Å². The van der Waals surface area contributed by atoms with Gasteiger partial charge in [-0.15, -0.1) is 0 Å². The molecule has 0 atom stereocenters. The summed E-state index contributed by atoms with van der Waals surface area (Å²) in [6.45, 7) is 2.12. The van der Waals surface area contributed by atoms with Crippen molar-refractivity contribution in [2.45, 2.75) is 45.4 Å². The van der Waals surface area contributed by atoms with Crippen LogP contribution in [0.3, 0.4) is 0 Å². The maximum atomic E-state index is 14.4. The van der Waals surface area contributed by atoms with Gasteiger partial charge in [-0.05, 0) is 54.1 Å². The molecule has 0 radical (unpaired) electrons. The number of fused-ring (bicyclic) bond motifs is 1. The lowest BCUT2D eigenvalue weighted by Crippen LogP contribution is -1.96. The van der Waals surface area contributed by atoms with Gasteiger partial charge in [0.25, 0.3) is 0 Å². The zero-order valence-corrected chi connectivity index (χ0v) is 16.6. The monoisotopic (exact) mass is 416 g/mol. The van der Waals surface area contributed by atoms with Crippen LogP contribution in [0.25, 0.3) is 10.8 Å². The summed E-state index contributed by atoms with van der Waals surface area (Å²) in [5.41, 5.74) is 0.527. The predicted molar refractivity (Wildman–Crippen MR) is 109 cm³/mol. The average molecular weight is 416 g/mol. The van der Waals surface area contributed by atoms with Crippen molar-refractivity contribution in [1.29, 1.82) is 0 Å². The Bertz CT molecular complexity index is 1100. The predicted octanol–water partition coefficient (Wildman–Crippen LogP) is 7.45. The maximum absolute atomic E-state index is 14.4. The number of hydrogen-bond donors (Lipinski definition) is 0. The van der Waals surface area contributed by atoms with E-state index in [0.29, 0.717) is 17.5 Å². The van der Waals surface area contributed by atoms with E-state index in [2.05, 4.69) is 18.8 Å². The van der Waals surface area contributed by atoms with Crippen molar-refractivity contribution in [3.63, 3.8) is 0 Å². The smallest absolute Gasteiger partial charge is 0.195 e. The molecule has 0 amide bonds. The van der Waals surface area contributed by atoms with Crippen LogP contribution in [0.4, 0.5) is 22.0 Å². The Hall–Kier alpha value is -2.87. The molecule has 0 heterocycles. The molecule has 0 fully saturated rings. The molecule has 3 aromatic carbocycles. The molecule has 156 valence electrons. The van der Waals surface area contributed by atoms with Crippen molar-refractivity contribution >= 4 is 10.8 Å². The van der Waals surface area contributed by atoms with Crippen molar-refractivity contribution in [1.82, 2.24) is 0 Å². The van der Waals surface area contributed by atoms with Gasteiger partial charge in [-0.25, -0.2) is 22.0 Å². The zero-order chi connectivity index (χ0) is 21.7. The highest BCUT2D eigenvalue weighted by Crippen LogP contribution is 2.24.